The number of halogens is 3. The lowest BCUT2D eigenvalue weighted by molar-refractivity contribution is -0.131. The summed E-state index contributed by atoms with van der Waals surface area (Å²) < 4.78 is 59.2. The normalized spacial score (nSPS) is 29.8. The van der Waals surface area contributed by atoms with Gasteiger partial charge in [-0.25, -0.2) is 0 Å². The van der Waals surface area contributed by atoms with E-state index in [2.05, 4.69) is 0 Å². The Labute approximate surface area is 111 Å². The average molecular weight is 337 g/mol. The molecule has 1 atom stereocenters. The van der Waals surface area contributed by atoms with Gasteiger partial charge in [0.15, 0.2) is 0 Å². The van der Waals surface area contributed by atoms with Gasteiger partial charge in [0, 0.05) is 6.42 Å². The summed E-state index contributed by atoms with van der Waals surface area (Å²) in [6.45, 7) is 7.46. The van der Waals surface area contributed by atoms with Crippen LogP contribution in [0.5, 0.6) is 0 Å². The number of hydrogen-bond donors (Lipinski definition) is 0. The molecule has 0 amide bonds. The highest BCUT2D eigenvalue weighted by atomic mass is 28.5. The Hall–Kier alpha value is 0.498. The van der Waals surface area contributed by atoms with Crippen molar-refractivity contribution < 1.29 is 29.6 Å². The zero-order valence-corrected chi connectivity index (χ0v) is 15.5. The fourth-order valence-corrected chi connectivity index (χ4v) is 15.5. The molecule has 18 heavy (non-hydrogen) atoms. The number of alkyl halides is 3. The Balaban J connectivity index is 2.57. The second kappa shape index (κ2) is 5.86. The van der Waals surface area contributed by atoms with Crippen molar-refractivity contribution in [2.75, 3.05) is 0 Å². The third-order valence-corrected chi connectivity index (χ3v) is 15.5. The first-order valence-corrected chi connectivity index (χ1v) is 14.2. The predicted molar refractivity (Wildman–Crippen MR) is 70.5 cm³/mol. The molecule has 1 fully saturated rings. The highest BCUT2D eigenvalue weighted by molar-refractivity contribution is 6.84. The molecule has 1 aliphatic heterocycles. The Morgan fingerprint density at radius 3 is 2.28 bits per heavy atom. The van der Waals surface area contributed by atoms with Crippen LogP contribution < -0.4 is 0 Å². The molecule has 11 heteroatoms. The summed E-state index contributed by atoms with van der Waals surface area (Å²) in [5, 5.41) is 0. The van der Waals surface area contributed by atoms with Gasteiger partial charge in [-0.05, 0) is 32.2 Å². The second-order valence-electron chi connectivity index (χ2n) is 5.03. The van der Waals surface area contributed by atoms with Crippen LogP contribution in [0.25, 0.3) is 0 Å². The molecule has 0 aromatic carbocycles. The average Bonchev–Trinajstić information content (AvgIpc) is 2.07. The smallest absolute Gasteiger partial charge is 0.389 e. The molecule has 1 aliphatic rings. The molecular weight excluding hydrogens is 317 g/mol. The largest absolute Gasteiger partial charge is 0.422 e. The van der Waals surface area contributed by atoms with E-state index in [1.807, 2.05) is 26.2 Å². The highest BCUT2D eigenvalue weighted by Gasteiger charge is 2.41. The number of hydrogen-bond acceptors (Lipinski definition) is 4. The lowest BCUT2D eigenvalue weighted by atomic mass is 10.5. The summed E-state index contributed by atoms with van der Waals surface area (Å²) in [5.74, 6) is 0. The maximum Gasteiger partial charge on any atom is 0.389 e. The van der Waals surface area contributed by atoms with Crippen molar-refractivity contribution in [2.45, 2.75) is 44.8 Å². The van der Waals surface area contributed by atoms with Gasteiger partial charge < -0.3 is 16.5 Å². The Morgan fingerprint density at radius 1 is 1.11 bits per heavy atom. The van der Waals surface area contributed by atoms with Crippen LogP contribution in [0.2, 0.25) is 32.2 Å². The van der Waals surface area contributed by atoms with E-state index in [4.69, 9.17) is 16.5 Å². The van der Waals surface area contributed by atoms with Crippen LogP contribution >= 0.6 is 0 Å². The zero-order chi connectivity index (χ0) is 14.0. The van der Waals surface area contributed by atoms with Crippen LogP contribution in [-0.2, 0) is 16.5 Å². The summed E-state index contributed by atoms with van der Waals surface area (Å²) in [7, 11) is -8.26. The molecular formula is C7H19F3O4Si4. The zero-order valence-electron chi connectivity index (χ0n) is 11.0. The van der Waals surface area contributed by atoms with E-state index in [0.717, 1.165) is 0 Å². The van der Waals surface area contributed by atoms with E-state index in [0.29, 0.717) is 0 Å². The van der Waals surface area contributed by atoms with Gasteiger partial charge in [0.25, 0.3) is 10.0 Å². The molecule has 0 radical (unpaired) electrons. The van der Waals surface area contributed by atoms with Gasteiger partial charge in [-0.3, -0.25) is 0 Å². The van der Waals surface area contributed by atoms with E-state index in [1.165, 1.54) is 0 Å². The van der Waals surface area contributed by atoms with Crippen LogP contribution in [0.3, 0.4) is 0 Å². The van der Waals surface area contributed by atoms with E-state index < -0.39 is 49.0 Å². The van der Waals surface area contributed by atoms with Crippen LogP contribution in [0, 0.1) is 0 Å². The SMILES string of the molecule is C[Si]1(C)O[SiH2]O[SiH](CCC(F)(F)F)O[Si](C)(C)O1. The molecule has 0 spiro atoms. The van der Waals surface area contributed by atoms with Gasteiger partial charge in [-0.1, -0.05) is 0 Å². The first kappa shape index (κ1) is 16.6. The highest BCUT2D eigenvalue weighted by Crippen LogP contribution is 2.26. The molecule has 0 N–H and O–H groups in total. The minimum Gasteiger partial charge on any atom is -0.422 e. The molecule has 1 unspecified atom stereocenters. The molecule has 108 valence electrons. The van der Waals surface area contributed by atoms with Crippen LogP contribution in [0.15, 0.2) is 0 Å². The Kier molecular flexibility index (Phi) is 5.39. The summed E-state index contributed by atoms with van der Waals surface area (Å²) in [4.78, 5) is 0. The summed E-state index contributed by atoms with van der Waals surface area (Å²) >= 11 is 0. The Bertz CT molecular complexity index is 286. The van der Waals surface area contributed by atoms with E-state index in [9.17, 15) is 13.2 Å². The van der Waals surface area contributed by atoms with Crippen molar-refractivity contribution in [2.24, 2.45) is 0 Å². The first-order valence-electron chi connectivity index (χ1n) is 5.69. The van der Waals surface area contributed by atoms with Crippen molar-refractivity contribution in [1.29, 1.82) is 0 Å². The number of rotatable bonds is 2. The van der Waals surface area contributed by atoms with E-state index in [1.54, 1.807) is 0 Å². The van der Waals surface area contributed by atoms with Crippen molar-refractivity contribution in [1.82, 2.24) is 0 Å². The van der Waals surface area contributed by atoms with E-state index in [-0.39, 0.29) is 6.04 Å². The minimum atomic E-state index is -4.16. The lowest BCUT2D eigenvalue weighted by Gasteiger charge is -2.38. The van der Waals surface area contributed by atoms with E-state index >= 15 is 0 Å². The van der Waals surface area contributed by atoms with Crippen molar-refractivity contribution >= 4 is 36.4 Å². The fourth-order valence-electron chi connectivity index (χ4n) is 1.67. The van der Waals surface area contributed by atoms with Crippen LogP contribution in [0.4, 0.5) is 13.2 Å². The maximum absolute atomic E-state index is 12.2. The third-order valence-electron chi connectivity index (χ3n) is 2.23. The molecule has 0 saturated carbocycles. The predicted octanol–water partition coefficient (Wildman–Crippen LogP) is 1.64. The lowest BCUT2D eigenvalue weighted by Crippen LogP contribution is -2.55. The molecule has 0 aromatic heterocycles. The standard InChI is InChI=1S/C7H19F3O4Si4/c1-17(2)12-15-11-16(6-5-7(8,9)10)13-18(3,4)14-17/h16H,5-6,15H2,1-4H3. The van der Waals surface area contributed by atoms with Gasteiger partial charge in [0.1, 0.15) is 0 Å². The van der Waals surface area contributed by atoms with Gasteiger partial charge in [-0.2, -0.15) is 13.2 Å². The van der Waals surface area contributed by atoms with Crippen molar-refractivity contribution in [3.8, 4) is 0 Å². The minimum absolute atomic E-state index is 0.0678. The molecule has 0 aromatic rings. The van der Waals surface area contributed by atoms with Crippen LogP contribution in [-0.4, -0.2) is 42.6 Å². The fraction of sp³-hybridized carbons (Fsp3) is 1.00. The molecule has 1 saturated heterocycles. The topological polar surface area (TPSA) is 36.9 Å². The van der Waals surface area contributed by atoms with Gasteiger partial charge >= 0.3 is 32.6 Å². The second-order valence-corrected chi connectivity index (χ2v) is 16.6. The van der Waals surface area contributed by atoms with Crippen molar-refractivity contribution in [3.05, 3.63) is 0 Å². The quantitative estimate of drug-likeness (QED) is 0.719. The first-order chi connectivity index (χ1) is 7.99. The molecule has 0 bridgehead atoms. The maximum atomic E-state index is 12.2. The third kappa shape index (κ3) is 6.60. The summed E-state index contributed by atoms with van der Waals surface area (Å²) in [6, 6.07) is -0.0678. The summed E-state index contributed by atoms with van der Waals surface area (Å²) in [6.07, 6.45) is -5.02. The van der Waals surface area contributed by atoms with Crippen LogP contribution in [0.1, 0.15) is 6.42 Å². The monoisotopic (exact) mass is 336 g/mol. The van der Waals surface area contributed by atoms with Gasteiger partial charge in [-0.15, -0.1) is 0 Å². The van der Waals surface area contributed by atoms with Gasteiger partial charge in [0.05, 0.1) is 0 Å². The molecule has 4 nitrogen and oxygen atoms in total. The summed E-state index contributed by atoms with van der Waals surface area (Å²) in [5.41, 5.74) is 0. The Morgan fingerprint density at radius 2 is 1.72 bits per heavy atom. The van der Waals surface area contributed by atoms with Crippen molar-refractivity contribution in [3.63, 3.8) is 0 Å². The molecule has 1 heterocycles. The molecule has 0 aliphatic carbocycles. The molecule has 1 rings (SSSR count). The van der Waals surface area contributed by atoms with Gasteiger partial charge in [0.2, 0.25) is 0 Å².